The molecule has 2 fully saturated rings. The maximum Gasteiger partial charge on any atom is 0.416 e. The fourth-order valence-electron chi connectivity index (χ4n) is 5.33. The lowest BCUT2D eigenvalue weighted by Crippen LogP contribution is -2.57. The Hall–Kier alpha value is -2.58. The third kappa shape index (κ3) is 5.48. The number of nitrogens with zero attached hydrogens (tertiary/aromatic N) is 2. The summed E-state index contributed by atoms with van der Waals surface area (Å²) in [6.07, 6.45) is -0.714. The molecular weight excluding hydrogens is 457 g/mol. The number of hydrogen-bond acceptors (Lipinski definition) is 4. The lowest BCUT2D eigenvalue weighted by molar-refractivity contribution is -0.137. The van der Waals surface area contributed by atoms with Crippen LogP contribution in [0.25, 0.3) is 0 Å². The van der Waals surface area contributed by atoms with Gasteiger partial charge in [0.2, 0.25) is 0 Å². The second kappa shape index (κ2) is 10.6. The molecule has 2 heterocycles. The average molecular weight is 491 g/mol. The highest BCUT2D eigenvalue weighted by molar-refractivity contribution is 5.94. The lowest BCUT2D eigenvalue weighted by Gasteiger charge is -2.49. The van der Waals surface area contributed by atoms with E-state index in [-0.39, 0.29) is 24.6 Å². The van der Waals surface area contributed by atoms with Crippen LogP contribution in [0.1, 0.15) is 64.3 Å². The quantitative estimate of drug-likeness (QED) is 0.570. The zero-order valence-corrected chi connectivity index (χ0v) is 20.3. The molecule has 2 aromatic rings. The van der Waals surface area contributed by atoms with E-state index in [0.29, 0.717) is 31.7 Å². The van der Waals surface area contributed by atoms with Crippen molar-refractivity contribution >= 4 is 5.91 Å². The van der Waals surface area contributed by atoms with Crippen molar-refractivity contribution in [3.05, 3.63) is 64.2 Å². The van der Waals surface area contributed by atoms with E-state index >= 15 is 0 Å². The molecule has 2 aliphatic rings. The smallest absolute Gasteiger partial charge is 0.416 e. The van der Waals surface area contributed by atoms with Gasteiger partial charge in [0.05, 0.1) is 12.2 Å². The number of piperidine rings is 1. The molecule has 2 aromatic carbocycles. The molecule has 2 unspecified atom stereocenters. The third-order valence-electron chi connectivity index (χ3n) is 7.39. The van der Waals surface area contributed by atoms with Gasteiger partial charge in [0.25, 0.3) is 5.91 Å². The van der Waals surface area contributed by atoms with Gasteiger partial charge in [-0.05, 0) is 80.1 Å². The Balaban J connectivity index is 1.45. The summed E-state index contributed by atoms with van der Waals surface area (Å²) in [7, 11) is 0. The van der Waals surface area contributed by atoms with E-state index in [1.165, 1.54) is 23.3 Å². The van der Waals surface area contributed by atoms with Gasteiger partial charge < -0.3 is 14.7 Å². The van der Waals surface area contributed by atoms with E-state index in [1.807, 2.05) is 6.07 Å². The van der Waals surface area contributed by atoms with Crippen LogP contribution in [0.3, 0.4) is 0 Å². The first-order valence-electron chi connectivity index (χ1n) is 12.3. The van der Waals surface area contributed by atoms with Crippen LogP contribution in [0.5, 0.6) is 5.75 Å². The molecule has 0 bridgehead atoms. The molecule has 4 rings (SSSR count). The minimum Gasteiger partial charge on any atom is -0.493 e. The van der Waals surface area contributed by atoms with E-state index in [2.05, 4.69) is 24.8 Å². The van der Waals surface area contributed by atoms with Crippen LogP contribution in [0.4, 0.5) is 13.2 Å². The van der Waals surface area contributed by atoms with Crippen molar-refractivity contribution in [1.82, 2.24) is 9.80 Å². The van der Waals surface area contributed by atoms with Gasteiger partial charge in [-0.25, -0.2) is 0 Å². The molecule has 35 heavy (non-hydrogen) atoms. The molecule has 2 saturated heterocycles. The number of aliphatic hydroxyl groups is 1. The van der Waals surface area contributed by atoms with E-state index in [4.69, 9.17) is 9.84 Å². The van der Waals surface area contributed by atoms with E-state index in [0.717, 1.165) is 49.3 Å². The van der Waals surface area contributed by atoms with Crippen molar-refractivity contribution in [2.45, 2.75) is 57.8 Å². The molecule has 0 spiro atoms. The highest BCUT2D eigenvalue weighted by Gasteiger charge is 2.38. The Labute approximate surface area is 204 Å². The zero-order chi connectivity index (χ0) is 25.2. The lowest BCUT2D eigenvalue weighted by atomic mass is 9.86. The predicted molar refractivity (Wildman–Crippen MR) is 128 cm³/mol. The van der Waals surface area contributed by atoms with Gasteiger partial charge in [-0.3, -0.25) is 9.69 Å². The minimum atomic E-state index is -4.41. The summed E-state index contributed by atoms with van der Waals surface area (Å²) >= 11 is 0. The molecule has 0 aliphatic carbocycles. The fourth-order valence-corrected chi connectivity index (χ4v) is 5.33. The highest BCUT2D eigenvalue weighted by atomic mass is 19.4. The summed E-state index contributed by atoms with van der Waals surface area (Å²) in [5.41, 5.74) is 3.15. The molecule has 1 N–H and O–H groups in total. The molecule has 5 nitrogen and oxygen atoms in total. The topological polar surface area (TPSA) is 53.0 Å². The number of alkyl halides is 3. The Morgan fingerprint density at radius 1 is 1.06 bits per heavy atom. The number of carbonyl (C=O) groups excluding carboxylic acids is 1. The summed E-state index contributed by atoms with van der Waals surface area (Å²) in [6, 6.07) is 9.15. The summed E-state index contributed by atoms with van der Waals surface area (Å²) in [6.45, 7) is 6.63. The van der Waals surface area contributed by atoms with Crippen LogP contribution < -0.4 is 4.74 Å². The Bertz CT molecular complexity index is 1040. The van der Waals surface area contributed by atoms with Gasteiger partial charge in [0, 0.05) is 50.3 Å². The van der Waals surface area contributed by atoms with Gasteiger partial charge >= 0.3 is 6.18 Å². The summed E-state index contributed by atoms with van der Waals surface area (Å²) in [5, 5.41) is 9.00. The monoisotopic (exact) mass is 490 g/mol. The molecule has 0 saturated carbocycles. The second-order valence-corrected chi connectivity index (χ2v) is 9.49. The third-order valence-corrected chi connectivity index (χ3v) is 7.39. The Morgan fingerprint density at radius 2 is 1.80 bits per heavy atom. The maximum atomic E-state index is 13.0. The van der Waals surface area contributed by atoms with Gasteiger partial charge in [0.15, 0.2) is 0 Å². The normalized spacial score (nSPS) is 21.0. The highest BCUT2D eigenvalue weighted by Crippen LogP contribution is 2.39. The average Bonchev–Trinajstić information content (AvgIpc) is 2.85. The molecule has 8 heteroatoms. The number of piperazine rings is 1. The van der Waals surface area contributed by atoms with Crippen molar-refractivity contribution in [2.75, 3.05) is 32.8 Å². The largest absolute Gasteiger partial charge is 0.493 e. The first-order chi connectivity index (χ1) is 16.7. The Kier molecular flexibility index (Phi) is 7.71. The van der Waals surface area contributed by atoms with Gasteiger partial charge in [0.1, 0.15) is 5.75 Å². The van der Waals surface area contributed by atoms with Crippen LogP contribution in [-0.2, 0) is 6.18 Å². The number of ether oxygens (including phenoxy) is 1. The number of hydrogen-bond donors (Lipinski definition) is 1. The molecular formula is C27H33F3N2O3. The van der Waals surface area contributed by atoms with Gasteiger partial charge in [-0.1, -0.05) is 6.07 Å². The van der Waals surface area contributed by atoms with Crippen molar-refractivity contribution in [3.63, 3.8) is 0 Å². The molecule has 1 amide bonds. The Morgan fingerprint density at radius 3 is 2.49 bits per heavy atom. The SMILES string of the molecule is Cc1c(OCCCO)ccc(C2CCCC3CN(C(=O)c4ccc(C(F)(F)F)cc4)CCN32)c1C. The maximum absolute atomic E-state index is 13.0. The predicted octanol–water partition coefficient (Wildman–Crippen LogP) is 5.14. The van der Waals surface area contributed by atoms with Crippen LogP contribution >= 0.6 is 0 Å². The first kappa shape index (κ1) is 25.5. The van der Waals surface area contributed by atoms with Crippen molar-refractivity contribution in [1.29, 1.82) is 0 Å². The number of benzene rings is 2. The summed E-state index contributed by atoms with van der Waals surface area (Å²) in [5.74, 6) is 0.635. The van der Waals surface area contributed by atoms with Crippen LogP contribution in [-0.4, -0.2) is 59.7 Å². The summed E-state index contributed by atoms with van der Waals surface area (Å²) in [4.78, 5) is 17.3. The van der Waals surface area contributed by atoms with Gasteiger partial charge in [-0.2, -0.15) is 13.2 Å². The van der Waals surface area contributed by atoms with Crippen LogP contribution in [0.2, 0.25) is 0 Å². The van der Waals surface area contributed by atoms with Crippen LogP contribution in [0, 0.1) is 13.8 Å². The van der Waals surface area contributed by atoms with Gasteiger partial charge in [-0.15, -0.1) is 0 Å². The van der Waals surface area contributed by atoms with Crippen molar-refractivity contribution in [2.24, 2.45) is 0 Å². The van der Waals surface area contributed by atoms with E-state index in [9.17, 15) is 18.0 Å². The standard InChI is InChI=1S/C27H33F3N2O3/c1-18-19(2)25(35-16-4-15-33)12-11-23(18)24-6-3-5-22-17-31(13-14-32(22)24)26(34)20-7-9-21(10-8-20)27(28,29)30/h7-12,22,24,33H,3-6,13-17H2,1-2H3. The number of halogens is 3. The van der Waals surface area contributed by atoms with Crippen molar-refractivity contribution in [3.8, 4) is 5.75 Å². The molecule has 0 radical (unpaired) electrons. The van der Waals surface area contributed by atoms with Crippen LogP contribution in [0.15, 0.2) is 36.4 Å². The number of amides is 1. The minimum absolute atomic E-state index is 0.104. The molecule has 190 valence electrons. The molecule has 2 aliphatic heterocycles. The number of carbonyl (C=O) groups is 1. The van der Waals surface area contributed by atoms with E-state index in [1.54, 1.807) is 4.90 Å². The first-order valence-corrected chi connectivity index (χ1v) is 12.3. The number of rotatable bonds is 6. The molecule has 0 aromatic heterocycles. The zero-order valence-electron chi connectivity index (χ0n) is 20.3. The number of aliphatic hydroxyl groups excluding tert-OH is 1. The van der Waals surface area contributed by atoms with Crippen molar-refractivity contribution < 1.29 is 27.8 Å². The second-order valence-electron chi connectivity index (χ2n) is 9.49. The fraction of sp³-hybridized carbons (Fsp3) is 0.519. The number of fused-ring (bicyclic) bond motifs is 1. The summed E-state index contributed by atoms with van der Waals surface area (Å²) < 4.78 is 44.4. The molecule has 2 atom stereocenters. The van der Waals surface area contributed by atoms with E-state index < -0.39 is 11.7 Å².